The van der Waals surface area contributed by atoms with Crippen molar-refractivity contribution in [2.24, 2.45) is 5.92 Å². The molecule has 0 bridgehead atoms. The zero-order valence-electron chi connectivity index (χ0n) is 7.72. The molecule has 1 aliphatic rings. The van der Waals surface area contributed by atoms with Gasteiger partial charge in [-0.25, -0.2) is 0 Å². The van der Waals surface area contributed by atoms with Crippen LogP contribution in [0.3, 0.4) is 0 Å². The molecule has 0 amide bonds. The molecule has 0 heterocycles. The van der Waals surface area contributed by atoms with Crippen LogP contribution in [0.4, 0.5) is 0 Å². The maximum Gasteiger partial charge on any atom is 0.0797 e. The fourth-order valence-electron chi connectivity index (χ4n) is 1.41. The lowest BCUT2D eigenvalue weighted by Gasteiger charge is -2.44. The lowest BCUT2D eigenvalue weighted by molar-refractivity contribution is -0.0844. The van der Waals surface area contributed by atoms with Crippen molar-refractivity contribution in [3.05, 3.63) is 0 Å². The van der Waals surface area contributed by atoms with Gasteiger partial charge in [-0.2, -0.15) is 0 Å². The van der Waals surface area contributed by atoms with Crippen molar-refractivity contribution in [3.8, 4) is 0 Å². The molecule has 1 rings (SSSR count). The second kappa shape index (κ2) is 3.11. The van der Waals surface area contributed by atoms with Crippen LogP contribution in [-0.4, -0.2) is 23.3 Å². The largest absolute Gasteiger partial charge is 0.388 e. The topological polar surface area (TPSA) is 32.3 Å². The van der Waals surface area contributed by atoms with E-state index >= 15 is 0 Å². The van der Waals surface area contributed by atoms with Gasteiger partial charge in [0.1, 0.15) is 0 Å². The molecule has 11 heavy (non-hydrogen) atoms. The zero-order chi connectivity index (χ0) is 8.48. The molecular formula is C9H19NO. The number of aliphatic hydroxyl groups is 1. The predicted molar refractivity (Wildman–Crippen MR) is 46.5 cm³/mol. The summed E-state index contributed by atoms with van der Waals surface area (Å²) in [6, 6.07) is 0.479. The average molecular weight is 157 g/mol. The summed E-state index contributed by atoms with van der Waals surface area (Å²) >= 11 is 0. The molecule has 0 spiro atoms. The molecule has 0 aromatic carbocycles. The summed E-state index contributed by atoms with van der Waals surface area (Å²) in [6.07, 6.45) is 2.14. The van der Waals surface area contributed by atoms with Crippen molar-refractivity contribution in [2.75, 3.05) is 6.54 Å². The van der Waals surface area contributed by atoms with Crippen molar-refractivity contribution in [1.82, 2.24) is 5.32 Å². The van der Waals surface area contributed by atoms with Crippen LogP contribution in [-0.2, 0) is 0 Å². The minimum atomic E-state index is -0.399. The van der Waals surface area contributed by atoms with Crippen molar-refractivity contribution in [3.63, 3.8) is 0 Å². The average Bonchev–Trinajstić information content (AvgIpc) is 1.97. The minimum Gasteiger partial charge on any atom is -0.388 e. The SMILES string of the molecule is CC(C)NCC1(O)CCC1C. The molecule has 0 aromatic rings. The van der Waals surface area contributed by atoms with E-state index in [1.54, 1.807) is 0 Å². The van der Waals surface area contributed by atoms with Crippen LogP contribution in [0.2, 0.25) is 0 Å². The zero-order valence-corrected chi connectivity index (χ0v) is 7.72. The molecule has 1 fully saturated rings. The monoisotopic (exact) mass is 157 g/mol. The van der Waals surface area contributed by atoms with Gasteiger partial charge in [-0.15, -0.1) is 0 Å². The molecule has 0 radical (unpaired) electrons. The molecule has 1 aliphatic carbocycles. The van der Waals surface area contributed by atoms with Gasteiger partial charge in [-0.3, -0.25) is 0 Å². The van der Waals surface area contributed by atoms with Crippen molar-refractivity contribution < 1.29 is 5.11 Å². The second-order valence-corrected chi connectivity index (χ2v) is 4.08. The molecule has 2 nitrogen and oxygen atoms in total. The predicted octanol–water partition coefficient (Wildman–Crippen LogP) is 1.15. The first-order chi connectivity index (χ1) is 5.04. The lowest BCUT2D eigenvalue weighted by Crippen LogP contribution is -2.53. The standard InChI is InChI=1S/C9H19NO/c1-7(2)10-6-9(11)5-4-8(9)3/h7-8,10-11H,4-6H2,1-3H3. The highest BCUT2D eigenvalue weighted by Crippen LogP contribution is 2.37. The maximum absolute atomic E-state index is 9.86. The molecule has 2 unspecified atom stereocenters. The van der Waals surface area contributed by atoms with Crippen LogP contribution < -0.4 is 5.32 Å². The van der Waals surface area contributed by atoms with Crippen LogP contribution in [0.1, 0.15) is 33.6 Å². The Hall–Kier alpha value is -0.0800. The van der Waals surface area contributed by atoms with Crippen molar-refractivity contribution in [1.29, 1.82) is 0 Å². The van der Waals surface area contributed by atoms with E-state index in [0.29, 0.717) is 12.0 Å². The lowest BCUT2D eigenvalue weighted by atomic mass is 9.70. The quantitative estimate of drug-likeness (QED) is 0.644. The number of hydrogen-bond acceptors (Lipinski definition) is 2. The fraction of sp³-hybridized carbons (Fsp3) is 1.00. The van der Waals surface area contributed by atoms with Gasteiger partial charge in [0.25, 0.3) is 0 Å². The second-order valence-electron chi connectivity index (χ2n) is 4.08. The van der Waals surface area contributed by atoms with Gasteiger partial charge in [0, 0.05) is 12.6 Å². The van der Waals surface area contributed by atoms with E-state index in [1.807, 2.05) is 0 Å². The van der Waals surface area contributed by atoms with Crippen LogP contribution >= 0.6 is 0 Å². The maximum atomic E-state index is 9.86. The van der Waals surface area contributed by atoms with Crippen molar-refractivity contribution >= 4 is 0 Å². The number of hydrogen-bond donors (Lipinski definition) is 2. The Bertz CT molecular complexity index is 136. The van der Waals surface area contributed by atoms with Crippen molar-refractivity contribution in [2.45, 2.75) is 45.3 Å². The molecule has 0 aliphatic heterocycles. The molecule has 2 atom stereocenters. The summed E-state index contributed by atoms with van der Waals surface area (Å²) in [4.78, 5) is 0. The Balaban J connectivity index is 2.25. The number of rotatable bonds is 3. The van der Waals surface area contributed by atoms with Gasteiger partial charge in [-0.05, 0) is 18.8 Å². The Morgan fingerprint density at radius 1 is 1.64 bits per heavy atom. The fourth-order valence-corrected chi connectivity index (χ4v) is 1.41. The summed E-state index contributed by atoms with van der Waals surface area (Å²) in [5.74, 6) is 0.480. The van der Waals surface area contributed by atoms with Gasteiger partial charge in [-0.1, -0.05) is 20.8 Å². The molecule has 66 valence electrons. The Morgan fingerprint density at radius 2 is 2.27 bits per heavy atom. The van der Waals surface area contributed by atoms with Gasteiger partial charge in [0.05, 0.1) is 5.60 Å². The minimum absolute atomic E-state index is 0.399. The smallest absolute Gasteiger partial charge is 0.0797 e. The van der Waals surface area contributed by atoms with Crippen LogP contribution in [0, 0.1) is 5.92 Å². The van der Waals surface area contributed by atoms with E-state index in [2.05, 4.69) is 26.1 Å². The van der Waals surface area contributed by atoms with E-state index in [4.69, 9.17) is 0 Å². The van der Waals surface area contributed by atoms with Crippen LogP contribution in [0.5, 0.6) is 0 Å². The Morgan fingerprint density at radius 3 is 2.55 bits per heavy atom. The Labute approximate surface area is 69.0 Å². The summed E-state index contributed by atoms with van der Waals surface area (Å²) in [7, 11) is 0. The first kappa shape index (κ1) is 9.01. The third-order valence-electron chi connectivity index (χ3n) is 2.74. The summed E-state index contributed by atoms with van der Waals surface area (Å²) in [5.41, 5.74) is -0.399. The Kier molecular flexibility index (Phi) is 2.55. The van der Waals surface area contributed by atoms with E-state index in [9.17, 15) is 5.11 Å². The summed E-state index contributed by atoms with van der Waals surface area (Å²) in [5, 5.41) is 13.1. The number of nitrogens with one attached hydrogen (secondary N) is 1. The van der Waals surface area contributed by atoms with E-state index in [0.717, 1.165) is 13.0 Å². The first-order valence-corrected chi connectivity index (χ1v) is 4.50. The molecule has 0 aromatic heterocycles. The molecular weight excluding hydrogens is 138 g/mol. The highest BCUT2D eigenvalue weighted by atomic mass is 16.3. The molecule has 1 saturated carbocycles. The molecule has 2 heteroatoms. The highest BCUT2D eigenvalue weighted by molar-refractivity contribution is 4.95. The molecule has 2 N–H and O–H groups in total. The van der Waals surface area contributed by atoms with E-state index in [-0.39, 0.29) is 0 Å². The third kappa shape index (κ3) is 1.94. The van der Waals surface area contributed by atoms with Gasteiger partial charge in [0.15, 0.2) is 0 Å². The van der Waals surface area contributed by atoms with E-state index in [1.165, 1.54) is 6.42 Å². The van der Waals surface area contributed by atoms with Gasteiger partial charge in [0.2, 0.25) is 0 Å². The van der Waals surface area contributed by atoms with Crippen LogP contribution in [0.25, 0.3) is 0 Å². The normalized spacial score (nSPS) is 37.4. The molecule has 0 saturated heterocycles. The third-order valence-corrected chi connectivity index (χ3v) is 2.74. The summed E-state index contributed by atoms with van der Waals surface area (Å²) < 4.78 is 0. The first-order valence-electron chi connectivity index (χ1n) is 4.50. The van der Waals surface area contributed by atoms with Crippen LogP contribution in [0.15, 0.2) is 0 Å². The van der Waals surface area contributed by atoms with Gasteiger partial charge >= 0.3 is 0 Å². The highest BCUT2D eigenvalue weighted by Gasteiger charge is 2.41. The van der Waals surface area contributed by atoms with Gasteiger partial charge < -0.3 is 10.4 Å². The summed E-state index contributed by atoms with van der Waals surface area (Å²) in [6.45, 7) is 7.08. The van der Waals surface area contributed by atoms with E-state index < -0.39 is 5.60 Å².